The third-order valence-corrected chi connectivity index (χ3v) is 6.09. The summed E-state index contributed by atoms with van der Waals surface area (Å²) < 4.78 is 54.6. The molecule has 0 aromatic heterocycles. The molecule has 1 heterocycles. The van der Waals surface area contributed by atoms with Gasteiger partial charge >= 0.3 is 6.61 Å². The second kappa shape index (κ2) is 10.7. The molecule has 0 spiro atoms. The van der Waals surface area contributed by atoms with Crippen molar-refractivity contribution >= 4 is 16.0 Å². The minimum Gasteiger partial charge on any atom is -0.434 e. The van der Waals surface area contributed by atoms with E-state index in [2.05, 4.69) is 20.4 Å². The number of benzene rings is 1. The monoisotopic (exact) mass is 432 g/mol. The van der Waals surface area contributed by atoms with Gasteiger partial charge in [-0.3, -0.25) is 0 Å². The van der Waals surface area contributed by atoms with Gasteiger partial charge in [0.1, 0.15) is 5.75 Å². The van der Waals surface area contributed by atoms with Crippen molar-refractivity contribution in [2.75, 3.05) is 32.4 Å². The van der Waals surface area contributed by atoms with Gasteiger partial charge < -0.3 is 15.4 Å². The molecule has 1 aromatic rings. The number of ether oxygens (including phenoxy) is 1. The summed E-state index contributed by atoms with van der Waals surface area (Å²) in [5.74, 6) is 1.05. The molecule has 2 rings (SSSR count). The first-order chi connectivity index (χ1) is 13.7. The van der Waals surface area contributed by atoms with Crippen molar-refractivity contribution in [2.45, 2.75) is 39.8 Å². The van der Waals surface area contributed by atoms with E-state index < -0.39 is 16.6 Å². The highest BCUT2D eigenvalue weighted by Crippen LogP contribution is 2.23. The van der Waals surface area contributed by atoms with Crippen molar-refractivity contribution in [3.8, 4) is 5.75 Å². The molecule has 0 bridgehead atoms. The number of guanidine groups is 1. The van der Waals surface area contributed by atoms with E-state index in [1.165, 1.54) is 16.6 Å². The van der Waals surface area contributed by atoms with Crippen molar-refractivity contribution in [1.29, 1.82) is 0 Å². The molecule has 1 aromatic carbocycles. The Kier molecular flexibility index (Phi) is 8.63. The van der Waals surface area contributed by atoms with Gasteiger partial charge in [-0.25, -0.2) is 17.7 Å². The topological polar surface area (TPSA) is 83.0 Å². The molecule has 1 saturated heterocycles. The van der Waals surface area contributed by atoms with E-state index >= 15 is 0 Å². The van der Waals surface area contributed by atoms with Gasteiger partial charge in [0.2, 0.25) is 10.0 Å². The van der Waals surface area contributed by atoms with Crippen LogP contribution in [-0.4, -0.2) is 57.7 Å². The van der Waals surface area contributed by atoms with E-state index in [1.54, 1.807) is 12.1 Å². The third kappa shape index (κ3) is 7.77. The molecular weight excluding hydrogens is 402 g/mol. The van der Waals surface area contributed by atoms with Crippen LogP contribution in [0.2, 0.25) is 0 Å². The van der Waals surface area contributed by atoms with Crippen LogP contribution < -0.4 is 15.4 Å². The summed E-state index contributed by atoms with van der Waals surface area (Å²) in [4.78, 5) is 4.49. The van der Waals surface area contributed by atoms with Gasteiger partial charge in [-0.1, -0.05) is 17.7 Å². The number of hydrogen-bond donors (Lipinski definition) is 2. The van der Waals surface area contributed by atoms with Crippen molar-refractivity contribution in [3.63, 3.8) is 0 Å². The first kappa shape index (κ1) is 23.3. The lowest BCUT2D eigenvalue weighted by Gasteiger charge is -2.30. The van der Waals surface area contributed by atoms with Crippen LogP contribution in [0.25, 0.3) is 0 Å². The number of alkyl halides is 2. The molecular formula is C19H30F2N4O3S. The van der Waals surface area contributed by atoms with Crippen LogP contribution >= 0.6 is 0 Å². The maximum atomic E-state index is 12.6. The lowest BCUT2D eigenvalue weighted by Crippen LogP contribution is -2.44. The molecule has 10 heteroatoms. The zero-order valence-electron chi connectivity index (χ0n) is 17.1. The van der Waals surface area contributed by atoms with E-state index in [0.29, 0.717) is 43.6 Å². The first-order valence-electron chi connectivity index (χ1n) is 9.70. The first-order valence-corrected chi connectivity index (χ1v) is 11.6. The fraction of sp³-hybridized carbons (Fsp3) is 0.632. The van der Waals surface area contributed by atoms with E-state index in [-0.39, 0.29) is 12.3 Å². The largest absolute Gasteiger partial charge is 0.434 e. The highest BCUT2D eigenvalue weighted by Gasteiger charge is 2.24. The average Bonchev–Trinajstić information content (AvgIpc) is 2.65. The van der Waals surface area contributed by atoms with Gasteiger partial charge in [0.05, 0.1) is 12.8 Å². The van der Waals surface area contributed by atoms with Crippen molar-refractivity contribution < 1.29 is 21.9 Å². The highest BCUT2D eigenvalue weighted by atomic mass is 32.2. The second-order valence-corrected chi connectivity index (χ2v) is 9.15. The molecule has 29 heavy (non-hydrogen) atoms. The molecule has 1 aliphatic rings. The Bertz CT molecular complexity index is 795. The highest BCUT2D eigenvalue weighted by molar-refractivity contribution is 7.88. The normalized spacial score (nSPS) is 16.8. The molecule has 2 N–H and O–H groups in total. The molecule has 0 unspecified atom stereocenters. The van der Waals surface area contributed by atoms with Gasteiger partial charge in [-0.15, -0.1) is 0 Å². The molecule has 0 amide bonds. The van der Waals surface area contributed by atoms with Gasteiger partial charge in [0, 0.05) is 31.7 Å². The predicted molar refractivity (Wildman–Crippen MR) is 110 cm³/mol. The fourth-order valence-electron chi connectivity index (χ4n) is 3.23. The summed E-state index contributed by atoms with van der Waals surface area (Å²) in [5.41, 5.74) is 1.52. The summed E-state index contributed by atoms with van der Waals surface area (Å²) in [7, 11) is -3.13. The van der Waals surface area contributed by atoms with Crippen LogP contribution in [0.3, 0.4) is 0 Å². The van der Waals surface area contributed by atoms with Gasteiger partial charge in [0.15, 0.2) is 5.96 Å². The van der Waals surface area contributed by atoms with Crippen LogP contribution in [0.5, 0.6) is 5.75 Å². The molecule has 0 saturated carbocycles. The van der Waals surface area contributed by atoms with Crippen molar-refractivity contribution in [2.24, 2.45) is 10.9 Å². The number of nitrogens with one attached hydrogen (secondary N) is 2. The number of nitrogens with zero attached hydrogens (tertiary/aromatic N) is 2. The molecule has 7 nitrogen and oxygen atoms in total. The minimum absolute atomic E-state index is 0.123. The van der Waals surface area contributed by atoms with Gasteiger partial charge in [0.25, 0.3) is 0 Å². The number of rotatable bonds is 8. The van der Waals surface area contributed by atoms with Crippen LogP contribution in [0.15, 0.2) is 23.2 Å². The summed E-state index contributed by atoms with van der Waals surface area (Å²) in [6.07, 6.45) is 2.80. The summed E-state index contributed by atoms with van der Waals surface area (Å²) in [6, 6.07) is 5.03. The Morgan fingerprint density at radius 2 is 2.00 bits per heavy atom. The second-order valence-electron chi connectivity index (χ2n) is 7.17. The fourth-order valence-corrected chi connectivity index (χ4v) is 4.11. The van der Waals surface area contributed by atoms with Crippen LogP contribution in [0, 0.1) is 12.8 Å². The number of sulfonamides is 1. The molecule has 164 valence electrons. The van der Waals surface area contributed by atoms with E-state index in [0.717, 1.165) is 18.4 Å². The number of piperidine rings is 1. The van der Waals surface area contributed by atoms with Crippen LogP contribution in [0.4, 0.5) is 8.78 Å². The Hall–Kier alpha value is -1.94. The number of hydrogen-bond acceptors (Lipinski definition) is 4. The summed E-state index contributed by atoms with van der Waals surface area (Å²) >= 11 is 0. The smallest absolute Gasteiger partial charge is 0.387 e. The number of halogens is 2. The van der Waals surface area contributed by atoms with E-state index in [1.807, 2.05) is 13.8 Å². The maximum Gasteiger partial charge on any atom is 0.387 e. The minimum atomic E-state index is -3.13. The standard InChI is InChI=1S/C19H30F2N4O3S/c1-4-22-19(23-12-15-7-9-25(10-8-15)29(3,26)27)24-13-16-11-14(2)5-6-17(16)28-18(20)21/h5-6,11,15,18H,4,7-10,12-13H2,1-3H3,(H2,22,23,24). The Morgan fingerprint density at radius 3 is 2.59 bits per heavy atom. The predicted octanol–water partition coefficient (Wildman–Crippen LogP) is 2.32. The van der Waals surface area contributed by atoms with Gasteiger partial charge in [-0.2, -0.15) is 8.78 Å². The average molecular weight is 433 g/mol. The number of aryl methyl sites for hydroxylation is 1. The van der Waals surface area contributed by atoms with Crippen LogP contribution in [0.1, 0.15) is 30.9 Å². The van der Waals surface area contributed by atoms with Crippen LogP contribution in [-0.2, 0) is 16.6 Å². The maximum absolute atomic E-state index is 12.6. The molecule has 1 fully saturated rings. The van der Waals surface area contributed by atoms with Gasteiger partial charge in [-0.05, 0) is 38.7 Å². The SMILES string of the molecule is CCNC(=NCc1cc(C)ccc1OC(F)F)NCC1CCN(S(C)(=O)=O)CC1. The number of aliphatic imine (C=N–C) groups is 1. The third-order valence-electron chi connectivity index (χ3n) is 4.78. The van der Waals surface area contributed by atoms with Crippen molar-refractivity contribution in [1.82, 2.24) is 14.9 Å². The molecule has 0 aliphatic carbocycles. The quantitative estimate of drug-likeness (QED) is 0.487. The molecule has 0 atom stereocenters. The molecule has 1 aliphatic heterocycles. The Balaban J connectivity index is 1.96. The van der Waals surface area contributed by atoms with E-state index in [9.17, 15) is 17.2 Å². The lowest BCUT2D eigenvalue weighted by molar-refractivity contribution is -0.0504. The molecule has 0 radical (unpaired) electrons. The van der Waals surface area contributed by atoms with Crippen molar-refractivity contribution in [3.05, 3.63) is 29.3 Å². The zero-order valence-corrected chi connectivity index (χ0v) is 17.9. The van der Waals surface area contributed by atoms with E-state index in [4.69, 9.17) is 0 Å². The Labute approximate surface area is 171 Å². The lowest BCUT2D eigenvalue weighted by atomic mass is 9.98. The summed E-state index contributed by atoms with van der Waals surface area (Å²) in [6.45, 7) is 3.51. The Morgan fingerprint density at radius 1 is 1.31 bits per heavy atom. The zero-order chi connectivity index (χ0) is 21.4. The summed E-state index contributed by atoms with van der Waals surface area (Å²) in [5, 5.41) is 6.41.